The fourth-order valence-corrected chi connectivity index (χ4v) is 2.56. The number of hydrogen-bond acceptors (Lipinski definition) is 4. The van der Waals surface area contributed by atoms with Gasteiger partial charge in [-0.25, -0.2) is 0 Å². The summed E-state index contributed by atoms with van der Waals surface area (Å²) >= 11 is 0. The number of benzene rings is 2. The molecule has 2 aromatic rings. The molecule has 2 unspecified atom stereocenters. The highest BCUT2D eigenvalue weighted by Crippen LogP contribution is 2.22. The van der Waals surface area contributed by atoms with Gasteiger partial charge in [0, 0.05) is 19.0 Å². The van der Waals surface area contributed by atoms with E-state index in [-0.39, 0.29) is 31.3 Å². The van der Waals surface area contributed by atoms with Gasteiger partial charge >= 0.3 is 0 Å². The fraction of sp³-hybridized carbons (Fsp3) is 0.250. The molecule has 0 saturated heterocycles. The molecular weight excluding hydrogens is 380 g/mol. The maximum atomic E-state index is 12.6. The Morgan fingerprint density at radius 3 is 2.25 bits per heavy atom. The number of hydrogen-bond donors (Lipinski definition) is 4. The van der Waals surface area contributed by atoms with E-state index in [1.807, 2.05) is 30.3 Å². The molecule has 0 aliphatic rings. The number of halogens is 1. The highest BCUT2D eigenvalue weighted by molar-refractivity contribution is 6.04. The van der Waals surface area contributed by atoms with Gasteiger partial charge in [0.05, 0.1) is 17.2 Å². The lowest BCUT2D eigenvalue weighted by Gasteiger charge is -2.20. The summed E-state index contributed by atoms with van der Waals surface area (Å²) < 4.78 is 0. The SMILES string of the molecule is CC(C(=O)Nc1ccccc1C(=O)NCCC(N)=O)C(N)c1ccccc1.Cl. The van der Waals surface area contributed by atoms with Crippen molar-refractivity contribution in [2.24, 2.45) is 17.4 Å². The zero-order chi connectivity index (χ0) is 19.8. The van der Waals surface area contributed by atoms with Gasteiger partial charge in [0.25, 0.3) is 5.91 Å². The van der Waals surface area contributed by atoms with Crippen molar-refractivity contribution in [1.29, 1.82) is 0 Å². The zero-order valence-corrected chi connectivity index (χ0v) is 16.4. The molecule has 0 saturated carbocycles. The third-order valence-corrected chi connectivity index (χ3v) is 4.22. The Balaban J connectivity index is 0.00000392. The van der Waals surface area contributed by atoms with Crippen LogP contribution in [0.2, 0.25) is 0 Å². The molecule has 0 fully saturated rings. The van der Waals surface area contributed by atoms with Crippen molar-refractivity contribution in [3.8, 4) is 0 Å². The summed E-state index contributed by atoms with van der Waals surface area (Å²) in [5.74, 6) is -1.69. The average molecular weight is 405 g/mol. The van der Waals surface area contributed by atoms with Crippen molar-refractivity contribution in [2.75, 3.05) is 11.9 Å². The van der Waals surface area contributed by atoms with Gasteiger partial charge in [-0.3, -0.25) is 14.4 Å². The molecule has 0 heterocycles. The normalized spacial score (nSPS) is 12.2. The van der Waals surface area contributed by atoms with Crippen LogP contribution in [0.1, 0.15) is 35.3 Å². The lowest BCUT2D eigenvalue weighted by molar-refractivity contribution is -0.120. The van der Waals surface area contributed by atoms with Gasteiger partial charge in [0.2, 0.25) is 11.8 Å². The molecule has 0 spiro atoms. The predicted octanol–water partition coefficient (Wildman–Crippen LogP) is 1.99. The molecule has 2 aromatic carbocycles. The summed E-state index contributed by atoms with van der Waals surface area (Å²) in [6.45, 7) is 1.87. The van der Waals surface area contributed by atoms with Crippen LogP contribution in [0, 0.1) is 5.92 Å². The van der Waals surface area contributed by atoms with E-state index in [2.05, 4.69) is 10.6 Å². The predicted molar refractivity (Wildman–Crippen MR) is 111 cm³/mol. The molecule has 7 nitrogen and oxygen atoms in total. The Morgan fingerprint density at radius 1 is 1.00 bits per heavy atom. The third-order valence-electron chi connectivity index (χ3n) is 4.22. The second kappa shape index (κ2) is 11.1. The monoisotopic (exact) mass is 404 g/mol. The number of nitrogens with one attached hydrogen (secondary N) is 2. The van der Waals surface area contributed by atoms with Crippen molar-refractivity contribution in [2.45, 2.75) is 19.4 Å². The van der Waals surface area contributed by atoms with Gasteiger partial charge in [0.15, 0.2) is 0 Å². The Bertz CT molecular complexity index is 814. The minimum absolute atomic E-state index is 0. The Hall–Kier alpha value is -2.90. The highest BCUT2D eigenvalue weighted by atomic mass is 35.5. The number of rotatable bonds is 8. The highest BCUT2D eigenvalue weighted by Gasteiger charge is 2.23. The van der Waals surface area contributed by atoms with E-state index in [0.717, 1.165) is 5.56 Å². The number of para-hydroxylation sites is 1. The second-order valence-electron chi connectivity index (χ2n) is 6.23. The van der Waals surface area contributed by atoms with Gasteiger partial charge in [-0.2, -0.15) is 0 Å². The first-order chi connectivity index (χ1) is 12.9. The summed E-state index contributed by atoms with van der Waals surface area (Å²) in [4.78, 5) is 35.7. The van der Waals surface area contributed by atoms with E-state index < -0.39 is 23.8 Å². The first-order valence-electron chi connectivity index (χ1n) is 8.67. The molecule has 150 valence electrons. The molecule has 0 radical (unpaired) electrons. The van der Waals surface area contributed by atoms with Crippen LogP contribution in [-0.4, -0.2) is 24.3 Å². The Kier molecular flexibility index (Phi) is 9.14. The lowest BCUT2D eigenvalue weighted by atomic mass is 9.94. The van der Waals surface area contributed by atoms with E-state index in [1.165, 1.54) is 0 Å². The Morgan fingerprint density at radius 2 is 1.61 bits per heavy atom. The summed E-state index contributed by atoms with van der Waals surface area (Å²) in [7, 11) is 0. The van der Waals surface area contributed by atoms with Crippen LogP contribution < -0.4 is 22.1 Å². The smallest absolute Gasteiger partial charge is 0.253 e. The third kappa shape index (κ3) is 6.37. The molecule has 6 N–H and O–H groups in total. The topological polar surface area (TPSA) is 127 Å². The number of nitrogens with two attached hydrogens (primary N) is 2. The van der Waals surface area contributed by atoms with Crippen molar-refractivity contribution >= 4 is 35.8 Å². The van der Waals surface area contributed by atoms with Crippen LogP contribution in [0.5, 0.6) is 0 Å². The average Bonchev–Trinajstić information content (AvgIpc) is 2.67. The van der Waals surface area contributed by atoms with Crippen LogP contribution in [0.15, 0.2) is 54.6 Å². The molecule has 3 amide bonds. The number of carbonyl (C=O) groups is 3. The van der Waals surface area contributed by atoms with E-state index in [1.54, 1.807) is 31.2 Å². The number of primary amides is 1. The number of amides is 3. The van der Waals surface area contributed by atoms with Crippen molar-refractivity contribution in [1.82, 2.24) is 5.32 Å². The zero-order valence-electron chi connectivity index (χ0n) is 15.6. The summed E-state index contributed by atoms with van der Waals surface area (Å²) in [6, 6.07) is 15.5. The van der Waals surface area contributed by atoms with Crippen molar-refractivity contribution in [3.05, 3.63) is 65.7 Å². The van der Waals surface area contributed by atoms with Crippen LogP contribution in [0.25, 0.3) is 0 Å². The van der Waals surface area contributed by atoms with Gasteiger partial charge in [0.1, 0.15) is 0 Å². The quantitative estimate of drug-likeness (QED) is 0.536. The molecule has 2 rings (SSSR count). The standard InChI is InChI=1S/C20H24N4O3.ClH/c1-13(18(22)14-7-3-2-4-8-14)19(26)24-16-10-6-5-9-15(16)20(27)23-12-11-17(21)25;/h2-10,13,18H,11-12,22H2,1H3,(H2,21,25)(H,23,27)(H,24,26);1H. The van der Waals surface area contributed by atoms with Crippen molar-refractivity contribution in [3.63, 3.8) is 0 Å². The minimum Gasteiger partial charge on any atom is -0.370 e. The van der Waals surface area contributed by atoms with E-state index in [4.69, 9.17) is 11.5 Å². The van der Waals surface area contributed by atoms with Gasteiger partial charge in [-0.1, -0.05) is 49.4 Å². The first kappa shape index (κ1) is 23.1. The molecule has 0 aromatic heterocycles. The van der Waals surface area contributed by atoms with E-state index in [9.17, 15) is 14.4 Å². The molecule has 8 heteroatoms. The van der Waals surface area contributed by atoms with Crippen LogP contribution in [0.4, 0.5) is 5.69 Å². The lowest BCUT2D eigenvalue weighted by Crippen LogP contribution is -2.32. The van der Waals surface area contributed by atoms with Gasteiger partial charge < -0.3 is 22.1 Å². The second-order valence-corrected chi connectivity index (χ2v) is 6.23. The molecule has 0 bridgehead atoms. The fourth-order valence-electron chi connectivity index (χ4n) is 2.56. The molecule has 28 heavy (non-hydrogen) atoms. The maximum Gasteiger partial charge on any atom is 0.253 e. The van der Waals surface area contributed by atoms with E-state index in [0.29, 0.717) is 11.3 Å². The summed E-state index contributed by atoms with van der Waals surface area (Å²) in [6.07, 6.45) is 0.0449. The molecular formula is C20H25ClN4O3. The Labute approximate surface area is 170 Å². The van der Waals surface area contributed by atoms with Crippen LogP contribution in [0.3, 0.4) is 0 Å². The summed E-state index contributed by atoms with van der Waals surface area (Å²) in [5.41, 5.74) is 12.8. The van der Waals surface area contributed by atoms with Gasteiger partial charge in [-0.15, -0.1) is 12.4 Å². The number of anilines is 1. The molecule has 0 aliphatic carbocycles. The van der Waals surface area contributed by atoms with Gasteiger partial charge in [-0.05, 0) is 17.7 Å². The van der Waals surface area contributed by atoms with E-state index >= 15 is 0 Å². The van der Waals surface area contributed by atoms with Crippen molar-refractivity contribution < 1.29 is 14.4 Å². The number of carbonyl (C=O) groups excluding carboxylic acids is 3. The molecule has 2 atom stereocenters. The minimum atomic E-state index is -0.502. The maximum absolute atomic E-state index is 12.6. The first-order valence-corrected chi connectivity index (χ1v) is 8.67. The summed E-state index contributed by atoms with van der Waals surface area (Å²) in [5, 5.41) is 5.38. The van der Waals surface area contributed by atoms with Crippen LogP contribution in [-0.2, 0) is 9.59 Å². The largest absolute Gasteiger partial charge is 0.370 e. The molecule has 0 aliphatic heterocycles. The van der Waals surface area contributed by atoms with Crippen LogP contribution >= 0.6 is 12.4 Å².